The van der Waals surface area contributed by atoms with Crippen molar-refractivity contribution in [3.8, 4) is 6.07 Å². The van der Waals surface area contributed by atoms with Crippen molar-refractivity contribution in [3.05, 3.63) is 89.1 Å². The van der Waals surface area contributed by atoms with Crippen molar-refractivity contribution in [2.45, 2.75) is 57.7 Å². The number of hydrogen-bond acceptors (Lipinski definition) is 7. The number of carbonyl (C=O) groups is 4. The predicted molar refractivity (Wildman–Crippen MR) is 153 cm³/mol. The molecule has 0 fully saturated rings. The Morgan fingerprint density at radius 3 is 2.60 bits per heavy atom. The summed E-state index contributed by atoms with van der Waals surface area (Å²) in [4.78, 5) is 57.4. The smallest absolute Gasteiger partial charge is 0.273 e. The van der Waals surface area contributed by atoms with E-state index in [9.17, 15) is 24.4 Å². The molecule has 3 aromatic rings. The van der Waals surface area contributed by atoms with E-state index in [1.165, 1.54) is 12.3 Å². The zero-order chi connectivity index (χ0) is 30.1. The SMILES string of the molecule is CC(C)[C@@H]1NC(=O)[C@H](Cc2ccccc2)NC(=O)[C@@H](NC(=O)c2cccc(C#N)c2)CCCCNC(=O)c2coc1n2. The number of hydrogen-bond donors (Lipinski definition) is 4. The summed E-state index contributed by atoms with van der Waals surface area (Å²) in [6.45, 7) is 4.09. The lowest BCUT2D eigenvalue weighted by atomic mass is 10.0. The minimum absolute atomic E-state index is 0.107. The molecule has 4 amide bonds. The fourth-order valence-corrected chi connectivity index (χ4v) is 4.64. The quantitative estimate of drug-likeness (QED) is 0.366. The Morgan fingerprint density at radius 1 is 1.07 bits per heavy atom. The summed E-state index contributed by atoms with van der Waals surface area (Å²) in [7, 11) is 0. The van der Waals surface area contributed by atoms with Crippen LogP contribution in [0.25, 0.3) is 0 Å². The van der Waals surface area contributed by atoms with Crippen LogP contribution in [0.1, 0.15) is 77.0 Å². The van der Waals surface area contributed by atoms with Crippen molar-refractivity contribution < 1.29 is 23.6 Å². The van der Waals surface area contributed by atoms with E-state index in [0.717, 1.165) is 5.56 Å². The first-order valence-corrected chi connectivity index (χ1v) is 13.9. The van der Waals surface area contributed by atoms with Crippen LogP contribution in [-0.2, 0) is 16.0 Å². The molecule has 2 aromatic carbocycles. The Balaban J connectivity index is 1.63. The number of nitriles is 1. The summed E-state index contributed by atoms with van der Waals surface area (Å²) in [5.74, 6) is -1.87. The van der Waals surface area contributed by atoms with Gasteiger partial charge in [0.25, 0.3) is 11.8 Å². The molecule has 0 spiro atoms. The number of nitrogens with zero attached hydrogens (tertiary/aromatic N) is 2. The predicted octanol–water partition coefficient (Wildman–Crippen LogP) is 2.80. The highest BCUT2D eigenvalue weighted by atomic mass is 16.3. The van der Waals surface area contributed by atoms with E-state index < -0.39 is 41.8 Å². The van der Waals surface area contributed by atoms with Crippen molar-refractivity contribution in [2.24, 2.45) is 5.92 Å². The fraction of sp³-hybridized carbons (Fsp3) is 0.355. The lowest BCUT2D eigenvalue weighted by molar-refractivity contribution is -0.130. The lowest BCUT2D eigenvalue weighted by Gasteiger charge is -2.26. The van der Waals surface area contributed by atoms with Crippen molar-refractivity contribution >= 4 is 23.6 Å². The Morgan fingerprint density at radius 2 is 1.86 bits per heavy atom. The fourth-order valence-electron chi connectivity index (χ4n) is 4.64. The molecule has 218 valence electrons. The van der Waals surface area contributed by atoms with E-state index in [1.54, 1.807) is 18.2 Å². The van der Waals surface area contributed by atoms with Crippen molar-refractivity contribution in [3.63, 3.8) is 0 Å². The monoisotopic (exact) mass is 570 g/mol. The molecule has 3 atom stereocenters. The first-order chi connectivity index (χ1) is 20.2. The number of benzene rings is 2. The van der Waals surface area contributed by atoms with E-state index in [4.69, 9.17) is 4.42 Å². The molecule has 0 aliphatic carbocycles. The first kappa shape index (κ1) is 30.0. The van der Waals surface area contributed by atoms with Crippen LogP contribution in [0.3, 0.4) is 0 Å². The van der Waals surface area contributed by atoms with Crippen LogP contribution in [0, 0.1) is 17.2 Å². The zero-order valence-corrected chi connectivity index (χ0v) is 23.6. The maximum atomic E-state index is 13.7. The van der Waals surface area contributed by atoms with Crippen molar-refractivity contribution in [1.82, 2.24) is 26.3 Å². The molecule has 0 radical (unpaired) electrons. The average Bonchev–Trinajstić information content (AvgIpc) is 3.48. The average molecular weight is 571 g/mol. The van der Waals surface area contributed by atoms with Gasteiger partial charge in [-0.1, -0.05) is 50.2 Å². The second-order valence-corrected chi connectivity index (χ2v) is 10.5. The number of rotatable bonds is 5. The van der Waals surface area contributed by atoms with Gasteiger partial charge in [-0.15, -0.1) is 0 Å². The molecule has 0 unspecified atom stereocenters. The Hall–Kier alpha value is -4.98. The molecule has 2 bridgehead atoms. The van der Waals surface area contributed by atoms with Gasteiger partial charge in [-0.2, -0.15) is 5.26 Å². The van der Waals surface area contributed by atoms with E-state index in [1.807, 2.05) is 50.2 Å². The molecule has 0 saturated carbocycles. The minimum Gasteiger partial charge on any atom is -0.446 e. The van der Waals surface area contributed by atoms with Crippen LogP contribution in [-0.4, -0.2) is 47.2 Å². The van der Waals surface area contributed by atoms with Crippen LogP contribution >= 0.6 is 0 Å². The Labute approximate surface area is 244 Å². The van der Waals surface area contributed by atoms with Gasteiger partial charge in [0.2, 0.25) is 17.7 Å². The second kappa shape index (κ2) is 14.1. The number of nitrogens with one attached hydrogen (secondary N) is 4. The largest absolute Gasteiger partial charge is 0.446 e. The lowest BCUT2D eigenvalue weighted by Crippen LogP contribution is -2.55. The highest BCUT2D eigenvalue weighted by Gasteiger charge is 2.31. The summed E-state index contributed by atoms with van der Waals surface area (Å²) < 4.78 is 5.59. The first-order valence-electron chi connectivity index (χ1n) is 13.9. The minimum atomic E-state index is -0.979. The highest BCUT2D eigenvalue weighted by Crippen LogP contribution is 2.22. The van der Waals surface area contributed by atoms with Crippen molar-refractivity contribution in [2.75, 3.05) is 6.54 Å². The van der Waals surface area contributed by atoms with Gasteiger partial charge in [0, 0.05) is 18.5 Å². The standard InChI is InChI=1S/C31H34N6O5/c1-19(2)26-31-36-25(18-42-31)28(39)33-14-7-6-13-23(34-27(38)22-12-8-11-21(15-22)17-32)29(40)35-24(30(41)37-26)16-20-9-4-3-5-10-20/h3-5,8-12,15,18-19,23-24,26H,6-7,13-14,16H2,1-2H3,(H,33,39)(H,34,38)(H,35,40)(H,37,41)/t23-,24-,26-/m0/s1. The molecule has 0 saturated heterocycles. The number of amides is 4. The van der Waals surface area contributed by atoms with E-state index in [2.05, 4.69) is 26.3 Å². The molecule has 11 nitrogen and oxygen atoms in total. The molecule has 4 rings (SSSR count). The summed E-state index contributed by atoms with van der Waals surface area (Å²) in [6.07, 6.45) is 2.75. The van der Waals surface area contributed by atoms with Crippen LogP contribution in [0.15, 0.2) is 65.3 Å². The van der Waals surface area contributed by atoms with Gasteiger partial charge in [-0.3, -0.25) is 19.2 Å². The number of oxazole rings is 1. The number of fused-ring (bicyclic) bond motifs is 2. The van der Waals surface area contributed by atoms with Gasteiger partial charge in [0.05, 0.1) is 11.6 Å². The molecule has 42 heavy (non-hydrogen) atoms. The van der Waals surface area contributed by atoms with Gasteiger partial charge in [-0.05, 0) is 48.9 Å². The van der Waals surface area contributed by atoms with E-state index >= 15 is 0 Å². The highest BCUT2D eigenvalue weighted by molar-refractivity contribution is 5.98. The third-order valence-corrected chi connectivity index (χ3v) is 6.98. The molecule has 1 aliphatic heterocycles. The molecule has 1 aliphatic rings. The Bertz CT molecular complexity index is 1460. The van der Waals surface area contributed by atoms with Gasteiger partial charge in [0.1, 0.15) is 24.4 Å². The van der Waals surface area contributed by atoms with Crippen LogP contribution in [0.5, 0.6) is 0 Å². The third kappa shape index (κ3) is 7.81. The molecular weight excluding hydrogens is 536 g/mol. The number of aromatic nitrogens is 1. The zero-order valence-electron chi connectivity index (χ0n) is 23.6. The summed E-state index contributed by atoms with van der Waals surface area (Å²) in [5, 5.41) is 20.6. The second-order valence-electron chi connectivity index (χ2n) is 10.5. The summed E-state index contributed by atoms with van der Waals surface area (Å²) >= 11 is 0. The van der Waals surface area contributed by atoms with Crippen LogP contribution < -0.4 is 21.3 Å². The molecular formula is C31H34N6O5. The summed E-state index contributed by atoms with van der Waals surface area (Å²) in [6, 6.07) is 14.9. The van der Waals surface area contributed by atoms with E-state index in [-0.39, 0.29) is 35.9 Å². The van der Waals surface area contributed by atoms with Crippen molar-refractivity contribution in [1.29, 1.82) is 5.26 Å². The van der Waals surface area contributed by atoms with Gasteiger partial charge >= 0.3 is 0 Å². The molecule has 11 heteroatoms. The molecule has 4 N–H and O–H groups in total. The number of carbonyl (C=O) groups excluding carboxylic acids is 4. The van der Waals surface area contributed by atoms with Crippen LogP contribution in [0.4, 0.5) is 0 Å². The van der Waals surface area contributed by atoms with Gasteiger partial charge in [-0.25, -0.2) is 4.98 Å². The Kier molecular flexibility index (Phi) is 10.1. The third-order valence-electron chi connectivity index (χ3n) is 6.98. The maximum absolute atomic E-state index is 13.7. The van der Waals surface area contributed by atoms with E-state index in [0.29, 0.717) is 24.9 Å². The molecule has 1 aromatic heterocycles. The van der Waals surface area contributed by atoms with Gasteiger partial charge in [0.15, 0.2) is 5.69 Å². The van der Waals surface area contributed by atoms with Crippen LogP contribution in [0.2, 0.25) is 0 Å². The topological polar surface area (TPSA) is 166 Å². The molecule has 2 heterocycles. The normalized spacial score (nSPS) is 20.1. The van der Waals surface area contributed by atoms with Gasteiger partial charge < -0.3 is 25.7 Å². The maximum Gasteiger partial charge on any atom is 0.273 e. The summed E-state index contributed by atoms with van der Waals surface area (Å²) in [5.41, 5.74) is 1.50.